The summed E-state index contributed by atoms with van der Waals surface area (Å²) in [4.78, 5) is 31.2. The van der Waals surface area contributed by atoms with Gasteiger partial charge in [-0.1, -0.05) is 19.9 Å². The summed E-state index contributed by atoms with van der Waals surface area (Å²) in [5, 5.41) is 14.7. The normalized spacial score (nSPS) is 44.4. The van der Waals surface area contributed by atoms with Gasteiger partial charge in [0.1, 0.15) is 17.7 Å². The number of likely N-dealkylation sites (N-methyl/N-ethyl adjacent to an activating group) is 1. The molecule has 6 heterocycles. The van der Waals surface area contributed by atoms with Crippen molar-refractivity contribution in [3.8, 4) is 11.5 Å². The minimum Gasteiger partial charge on any atom is -0.480 e. The van der Waals surface area contributed by atoms with Gasteiger partial charge in [-0.15, -0.1) is 0 Å². The van der Waals surface area contributed by atoms with Crippen molar-refractivity contribution in [2.75, 3.05) is 25.5 Å². The molecule has 1 saturated carbocycles. The van der Waals surface area contributed by atoms with E-state index < -0.39 is 33.1 Å². The monoisotopic (exact) mass is 494 g/mol. The number of aliphatic hydroxyl groups is 1. The molecule has 1 aliphatic carbocycles. The fourth-order valence-corrected chi connectivity index (χ4v) is 9.30. The number of carbonyl (C=O) groups is 2. The van der Waals surface area contributed by atoms with Crippen LogP contribution in [0.25, 0.3) is 0 Å². The number of nitrogens with one attached hydrogen (secondary N) is 2. The summed E-state index contributed by atoms with van der Waals surface area (Å²) in [6.07, 6.45) is 5.26. The van der Waals surface area contributed by atoms with Crippen LogP contribution in [-0.4, -0.2) is 64.2 Å². The van der Waals surface area contributed by atoms with Gasteiger partial charge in [-0.25, -0.2) is 0 Å². The van der Waals surface area contributed by atoms with E-state index in [0.29, 0.717) is 36.4 Å². The molecule has 0 aromatic heterocycles. The molecule has 8 rings (SSSR count). The quantitative estimate of drug-likeness (QED) is 0.507. The third-order valence-electron chi connectivity index (χ3n) is 11.2. The maximum absolute atomic E-state index is 14.2. The van der Waals surface area contributed by atoms with Crippen molar-refractivity contribution in [1.82, 2.24) is 4.90 Å². The Morgan fingerprint density at radius 3 is 2.67 bits per heavy atom. The van der Waals surface area contributed by atoms with Gasteiger partial charge in [-0.3, -0.25) is 9.59 Å². The van der Waals surface area contributed by atoms with Crippen LogP contribution in [0, 0.1) is 11.3 Å². The predicted molar refractivity (Wildman–Crippen MR) is 132 cm³/mol. The third kappa shape index (κ3) is 2.15. The third-order valence-corrected chi connectivity index (χ3v) is 11.2. The second kappa shape index (κ2) is 6.10. The van der Waals surface area contributed by atoms with Crippen molar-refractivity contribution in [2.45, 2.75) is 81.6 Å². The van der Waals surface area contributed by atoms with Crippen LogP contribution in [0.2, 0.25) is 0 Å². The average molecular weight is 495 g/mol. The maximum atomic E-state index is 14.2. The molecule has 6 atom stereocenters. The van der Waals surface area contributed by atoms with Crippen molar-refractivity contribution in [3.63, 3.8) is 0 Å². The number of benzene rings is 1. The van der Waals surface area contributed by atoms with E-state index >= 15 is 0 Å². The van der Waals surface area contributed by atoms with Gasteiger partial charge < -0.3 is 29.7 Å². The van der Waals surface area contributed by atoms with Gasteiger partial charge in [0.05, 0.1) is 29.4 Å². The second-order valence-corrected chi connectivity index (χ2v) is 13.4. The smallest absolute Gasteiger partial charge is 0.287 e. The molecule has 8 nitrogen and oxygen atoms in total. The summed E-state index contributed by atoms with van der Waals surface area (Å²) in [7, 11) is 1.89. The largest absolute Gasteiger partial charge is 0.480 e. The van der Waals surface area contributed by atoms with E-state index in [1.54, 1.807) is 6.26 Å². The highest BCUT2D eigenvalue weighted by atomic mass is 16.5. The lowest BCUT2D eigenvalue weighted by Crippen LogP contribution is -3.27. The molecule has 36 heavy (non-hydrogen) atoms. The number of piperazine rings is 1. The Kier molecular flexibility index (Phi) is 3.83. The first-order valence-corrected chi connectivity index (χ1v) is 13.1. The van der Waals surface area contributed by atoms with Crippen LogP contribution < -0.4 is 19.7 Å². The lowest BCUT2D eigenvalue weighted by atomic mass is 9.55. The number of rotatable bonds is 0. The number of ether oxygens (including phenoxy) is 2. The molecule has 6 aliphatic heterocycles. The number of hydrogen-bond donors (Lipinski definition) is 3. The first-order valence-electron chi connectivity index (χ1n) is 13.1. The van der Waals surface area contributed by atoms with Crippen molar-refractivity contribution < 1.29 is 29.1 Å². The second-order valence-electron chi connectivity index (χ2n) is 13.4. The number of amides is 2. The highest BCUT2D eigenvalue weighted by Gasteiger charge is 2.84. The number of piperidine rings is 2. The van der Waals surface area contributed by atoms with Crippen LogP contribution in [0.3, 0.4) is 0 Å². The number of anilines is 1. The standard InChI is InChI=1S/C28H35N3O5/c1-23(2)10-12-35-20-17(36-23)8-7-16-19(20)29-21(32)27(16)14-26-15-31-11-9-25(5,34)28(31,22(33)30(26)6)13-18(26)24(27,3)4/h7-8,10,12,18,34H,9,11,13-15H2,1-6H3,(H,29,32)/p+1/t18-,25+,26+,27+,28-/m0/s1. The fraction of sp³-hybridized carbons (Fsp3) is 0.643. The number of hydrogen-bond acceptors (Lipinski definition) is 5. The zero-order valence-electron chi connectivity index (χ0n) is 21.9. The molecule has 1 aromatic rings. The van der Waals surface area contributed by atoms with E-state index in [2.05, 4.69) is 19.2 Å². The summed E-state index contributed by atoms with van der Waals surface area (Å²) < 4.78 is 12.2. The van der Waals surface area contributed by atoms with Gasteiger partial charge in [0.15, 0.2) is 11.5 Å². The Morgan fingerprint density at radius 2 is 1.92 bits per heavy atom. The Hall–Kier alpha value is -2.58. The number of quaternary nitrogens is 1. The zero-order valence-corrected chi connectivity index (χ0v) is 21.9. The van der Waals surface area contributed by atoms with E-state index in [4.69, 9.17) is 9.47 Å². The molecule has 5 fully saturated rings. The molecule has 3 spiro atoms. The number of fused-ring (bicyclic) bond motifs is 5. The molecule has 7 aliphatic rings. The van der Waals surface area contributed by atoms with Gasteiger partial charge in [0.2, 0.25) is 11.4 Å². The molecular weight excluding hydrogens is 458 g/mol. The first-order chi connectivity index (χ1) is 16.7. The van der Waals surface area contributed by atoms with Gasteiger partial charge in [0, 0.05) is 25.8 Å². The van der Waals surface area contributed by atoms with E-state index in [1.807, 2.05) is 50.9 Å². The van der Waals surface area contributed by atoms with Crippen molar-refractivity contribution in [2.24, 2.45) is 11.3 Å². The van der Waals surface area contributed by atoms with Crippen molar-refractivity contribution in [1.29, 1.82) is 0 Å². The summed E-state index contributed by atoms with van der Waals surface area (Å²) in [5.74, 6) is 1.18. The van der Waals surface area contributed by atoms with E-state index in [-0.39, 0.29) is 17.7 Å². The van der Waals surface area contributed by atoms with E-state index in [0.717, 1.165) is 18.7 Å². The van der Waals surface area contributed by atoms with Gasteiger partial charge in [-0.2, -0.15) is 0 Å². The molecule has 2 bridgehead atoms. The zero-order chi connectivity index (χ0) is 25.7. The SMILES string of the molecule is CN1C(=O)[C@]23C[C@H]4C(C)(C)[C@@]5(C[C@@]41C[NH+]2CC[C@@]3(C)O)C(=O)Nc1c5ccc2c1OC=CC(C)(C)O2. The lowest BCUT2D eigenvalue weighted by molar-refractivity contribution is -0.951. The Balaban J connectivity index is 1.42. The fourth-order valence-electron chi connectivity index (χ4n) is 9.30. The molecule has 192 valence electrons. The van der Waals surface area contributed by atoms with Gasteiger partial charge >= 0.3 is 0 Å². The van der Waals surface area contributed by atoms with Crippen LogP contribution in [0.4, 0.5) is 5.69 Å². The summed E-state index contributed by atoms with van der Waals surface area (Å²) >= 11 is 0. The molecule has 1 aromatic carbocycles. The topological polar surface area (TPSA) is 92.5 Å². The number of nitrogens with zero attached hydrogens (tertiary/aromatic N) is 1. The predicted octanol–water partition coefficient (Wildman–Crippen LogP) is 1.38. The van der Waals surface area contributed by atoms with Crippen LogP contribution in [0.1, 0.15) is 59.4 Å². The molecule has 2 amide bonds. The summed E-state index contributed by atoms with van der Waals surface area (Å²) in [6.45, 7) is 11.7. The molecule has 1 unspecified atom stereocenters. The van der Waals surface area contributed by atoms with Crippen LogP contribution in [0.15, 0.2) is 24.5 Å². The van der Waals surface area contributed by atoms with Crippen molar-refractivity contribution in [3.05, 3.63) is 30.0 Å². The van der Waals surface area contributed by atoms with E-state index in [1.165, 1.54) is 4.90 Å². The molecule has 4 saturated heterocycles. The summed E-state index contributed by atoms with van der Waals surface area (Å²) in [6, 6.07) is 3.93. The van der Waals surface area contributed by atoms with Crippen molar-refractivity contribution >= 4 is 17.5 Å². The van der Waals surface area contributed by atoms with Gasteiger partial charge in [-0.05, 0) is 50.3 Å². The van der Waals surface area contributed by atoms with Crippen LogP contribution >= 0.6 is 0 Å². The molecule has 8 heteroatoms. The molecular formula is C28H36N3O5+. The van der Waals surface area contributed by atoms with Crippen LogP contribution in [0.5, 0.6) is 11.5 Å². The summed E-state index contributed by atoms with van der Waals surface area (Å²) in [5.41, 5.74) is -2.62. The van der Waals surface area contributed by atoms with E-state index in [9.17, 15) is 14.7 Å². The highest BCUT2D eigenvalue weighted by molar-refractivity contribution is 6.09. The highest BCUT2D eigenvalue weighted by Crippen LogP contribution is 2.70. The minimum atomic E-state index is -1.07. The Bertz CT molecular complexity index is 1280. The Labute approximate surface area is 211 Å². The average Bonchev–Trinajstić information content (AvgIpc) is 3.25. The lowest BCUT2D eigenvalue weighted by Gasteiger charge is -2.62. The van der Waals surface area contributed by atoms with Crippen LogP contribution in [-0.2, 0) is 15.0 Å². The van der Waals surface area contributed by atoms with Gasteiger partial charge in [0.25, 0.3) is 5.91 Å². The molecule has 3 N–H and O–H groups in total. The Morgan fingerprint density at radius 1 is 1.17 bits per heavy atom. The first kappa shape index (κ1) is 22.6. The maximum Gasteiger partial charge on any atom is 0.287 e. The number of carbonyl (C=O) groups excluding carboxylic acids is 2. The minimum absolute atomic E-state index is 0.0278. The molecule has 0 radical (unpaired) electrons.